The molecular formula is C23H29IN2O3. The smallest absolute Gasteiger partial charge is 0.184 e. The molecule has 1 saturated heterocycles. The minimum Gasteiger partial charge on any atom is -0.392 e. The molecule has 2 aliphatic heterocycles. The van der Waals surface area contributed by atoms with Crippen molar-refractivity contribution in [3.05, 3.63) is 44.2 Å². The van der Waals surface area contributed by atoms with Crippen molar-refractivity contribution in [3.63, 3.8) is 0 Å². The molecule has 156 valence electrons. The summed E-state index contributed by atoms with van der Waals surface area (Å²) in [6.45, 7) is 5.03. The third kappa shape index (κ3) is 3.58. The molecule has 3 N–H and O–H groups in total. The summed E-state index contributed by atoms with van der Waals surface area (Å²) in [5, 5.41) is 20.5. The van der Waals surface area contributed by atoms with E-state index in [4.69, 9.17) is 0 Å². The zero-order valence-corrected chi connectivity index (χ0v) is 19.1. The van der Waals surface area contributed by atoms with Crippen LogP contribution in [0.5, 0.6) is 0 Å². The lowest BCUT2D eigenvalue weighted by molar-refractivity contribution is -0.119. The van der Waals surface area contributed by atoms with Crippen LogP contribution in [0.15, 0.2) is 23.8 Å². The fourth-order valence-corrected chi connectivity index (χ4v) is 5.97. The number of aromatic amines is 1. The second-order valence-electron chi connectivity index (χ2n) is 8.07. The number of carbonyl (C=O) groups is 1. The van der Waals surface area contributed by atoms with E-state index in [-0.39, 0.29) is 24.2 Å². The maximum Gasteiger partial charge on any atom is 0.184 e. The van der Waals surface area contributed by atoms with Gasteiger partial charge in [0.2, 0.25) is 0 Å². The number of nitrogens with one attached hydrogen (secondary N) is 1. The van der Waals surface area contributed by atoms with Gasteiger partial charge in [0.05, 0.1) is 14.0 Å². The van der Waals surface area contributed by atoms with Crippen LogP contribution in [0, 0.1) is 15.4 Å². The van der Waals surface area contributed by atoms with Crippen LogP contribution in [0.4, 0.5) is 0 Å². The minimum atomic E-state index is -0.953. The summed E-state index contributed by atoms with van der Waals surface area (Å²) in [6.07, 6.45) is 4.12. The number of piperidine rings is 1. The van der Waals surface area contributed by atoms with Crippen LogP contribution in [0.2, 0.25) is 0 Å². The van der Waals surface area contributed by atoms with E-state index in [0.717, 1.165) is 57.2 Å². The van der Waals surface area contributed by atoms with E-state index < -0.39 is 12.6 Å². The predicted molar refractivity (Wildman–Crippen MR) is 123 cm³/mol. The number of allylic oxidation sites excluding steroid dienone is 1. The fourth-order valence-electron chi connectivity index (χ4n) is 5.28. The second-order valence-corrected chi connectivity index (χ2v) is 9.32. The van der Waals surface area contributed by atoms with Crippen LogP contribution in [-0.4, -0.2) is 45.6 Å². The number of carbonyl (C=O) groups excluding carboxylic acids is 1. The fraction of sp³-hybridized carbons (Fsp3) is 0.522. The van der Waals surface area contributed by atoms with Gasteiger partial charge >= 0.3 is 0 Å². The first-order chi connectivity index (χ1) is 14.4. The van der Waals surface area contributed by atoms with Gasteiger partial charge in [-0.1, -0.05) is 19.4 Å². The Balaban J connectivity index is 1.84. The van der Waals surface area contributed by atoms with E-state index in [1.165, 1.54) is 0 Å². The molecular weight excluding hydrogens is 479 g/mol. The molecule has 4 rings (SSSR count). The van der Waals surface area contributed by atoms with Gasteiger partial charge in [-0.2, -0.15) is 0 Å². The Morgan fingerprint density at radius 1 is 1.45 bits per heavy atom. The molecule has 1 aromatic heterocycles. The summed E-state index contributed by atoms with van der Waals surface area (Å²) < 4.78 is 10.6. The number of aromatic nitrogens is 1. The van der Waals surface area contributed by atoms with E-state index in [1.54, 1.807) is 0 Å². The van der Waals surface area contributed by atoms with E-state index in [2.05, 4.69) is 45.5 Å². The maximum absolute atomic E-state index is 12.4. The van der Waals surface area contributed by atoms with Gasteiger partial charge in [0.1, 0.15) is 6.61 Å². The zero-order valence-electron chi connectivity index (χ0n) is 18.0. The molecule has 0 spiro atoms. The number of aliphatic hydroxyl groups excluding tert-OH is 2. The molecule has 0 unspecified atom stereocenters. The Bertz CT molecular complexity index is 1020. The first-order valence-electron chi connectivity index (χ1n) is 10.9. The number of aliphatic hydroxyl groups is 2. The molecule has 2 aliphatic rings. The summed E-state index contributed by atoms with van der Waals surface area (Å²) in [7, 11) is 0. The van der Waals surface area contributed by atoms with Crippen molar-refractivity contribution in [2.45, 2.75) is 45.7 Å². The van der Waals surface area contributed by atoms with Crippen LogP contribution in [-0.2, 0) is 17.8 Å². The van der Waals surface area contributed by atoms with Crippen molar-refractivity contribution in [2.75, 3.05) is 19.7 Å². The van der Waals surface area contributed by atoms with Gasteiger partial charge in [-0.3, -0.25) is 9.69 Å². The molecule has 0 saturated carbocycles. The van der Waals surface area contributed by atoms with Gasteiger partial charge in [-0.25, -0.2) is 0 Å². The summed E-state index contributed by atoms with van der Waals surface area (Å²) in [5.41, 5.74) is 4.54. The number of hydrogen-bond donors (Lipinski definition) is 3. The lowest BCUT2D eigenvalue weighted by atomic mass is 9.73. The van der Waals surface area contributed by atoms with Crippen molar-refractivity contribution >= 4 is 39.3 Å². The number of benzene rings is 1. The molecule has 29 heavy (non-hydrogen) atoms. The van der Waals surface area contributed by atoms with E-state index in [9.17, 15) is 16.4 Å². The number of fused-ring (bicyclic) bond motifs is 5. The molecule has 0 aliphatic carbocycles. The lowest BCUT2D eigenvalue weighted by Crippen LogP contribution is -2.47. The molecule has 3 heterocycles. The highest BCUT2D eigenvalue weighted by Gasteiger charge is 2.41. The SMILES string of the molecule is [2H][C@@]12C[C@H](/C(=C\C)C(=O)CO)[C@H](CC)CN1CCc1c2[nH]c2cc(I)cc(CO)c12. The molecule has 5 nitrogen and oxygen atoms in total. The Morgan fingerprint density at radius 2 is 2.24 bits per heavy atom. The summed E-state index contributed by atoms with van der Waals surface area (Å²) in [6, 6.07) is 3.13. The molecule has 0 amide bonds. The first-order valence-corrected chi connectivity index (χ1v) is 11.4. The lowest BCUT2D eigenvalue weighted by Gasteiger charge is -2.46. The van der Waals surface area contributed by atoms with Crippen LogP contribution < -0.4 is 0 Å². The van der Waals surface area contributed by atoms with Crippen LogP contribution in [0.3, 0.4) is 0 Å². The number of nitrogens with zero attached hydrogens (tertiary/aromatic N) is 1. The highest BCUT2D eigenvalue weighted by Crippen LogP contribution is 2.46. The van der Waals surface area contributed by atoms with Gasteiger partial charge in [0.15, 0.2) is 5.78 Å². The minimum absolute atomic E-state index is 0.0272. The molecule has 0 bridgehead atoms. The van der Waals surface area contributed by atoms with Crippen LogP contribution in [0.1, 0.15) is 50.9 Å². The van der Waals surface area contributed by atoms with Gasteiger partial charge in [-0.15, -0.1) is 0 Å². The number of ketones is 1. The van der Waals surface area contributed by atoms with Crippen molar-refractivity contribution < 1.29 is 16.4 Å². The van der Waals surface area contributed by atoms with Crippen molar-refractivity contribution in [3.8, 4) is 0 Å². The van der Waals surface area contributed by atoms with Crippen molar-refractivity contribution in [1.82, 2.24) is 9.88 Å². The number of H-pyrrole nitrogens is 1. The van der Waals surface area contributed by atoms with E-state index in [0.29, 0.717) is 12.0 Å². The molecule has 2 aromatic rings. The number of rotatable bonds is 5. The summed E-state index contributed by atoms with van der Waals surface area (Å²) in [4.78, 5) is 18.2. The van der Waals surface area contributed by atoms with Gasteiger partial charge in [-0.05, 0) is 83.0 Å². The summed E-state index contributed by atoms with van der Waals surface area (Å²) >= 11 is 2.26. The number of halogens is 1. The average molecular weight is 509 g/mol. The molecule has 0 radical (unpaired) electrons. The quantitative estimate of drug-likeness (QED) is 0.425. The highest BCUT2D eigenvalue weighted by molar-refractivity contribution is 14.1. The Kier molecular flexibility index (Phi) is 5.78. The van der Waals surface area contributed by atoms with Crippen LogP contribution >= 0.6 is 22.6 Å². The third-order valence-electron chi connectivity index (χ3n) is 6.66. The van der Waals surface area contributed by atoms with Gasteiger partial charge in [0, 0.05) is 33.3 Å². The Hall–Kier alpha value is -1.22. The number of hydrogen-bond acceptors (Lipinski definition) is 4. The topological polar surface area (TPSA) is 76.6 Å². The predicted octanol–water partition coefficient (Wildman–Crippen LogP) is 3.72. The van der Waals surface area contributed by atoms with Gasteiger partial charge in [0.25, 0.3) is 0 Å². The molecule has 1 aromatic carbocycles. The largest absolute Gasteiger partial charge is 0.392 e. The van der Waals surface area contributed by atoms with Gasteiger partial charge < -0.3 is 15.2 Å². The van der Waals surface area contributed by atoms with E-state index >= 15 is 0 Å². The van der Waals surface area contributed by atoms with Crippen LogP contribution in [0.25, 0.3) is 10.9 Å². The second kappa shape index (κ2) is 8.49. The summed E-state index contributed by atoms with van der Waals surface area (Å²) in [5.74, 6) is -0.00364. The average Bonchev–Trinajstić information content (AvgIpc) is 3.12. The van der Waals surface area contributed by atoms with Crippen molar-refractivity contribution in [2.24, 2.45) is 11.8 Å². The Morgan fingerprint density at radius 3 is 2.90 bits per heavy atom. The normalized spacial score (nSPS) is 28.2. The monoisotopic (exact) mass is 509 g/mol. The number of Topliss-reactive ketones (excluding diaryl/α,β-unsaturated/α-hetero) is 1. The first kappa shape index (κ1) is 19.7. The Labute approximate surface area is 186 Å². The molecule has 3 atom stereocenters. The van der Waals surface area contributed by atoms with E-state index in [1.807, 2.05) is 19.1 Å². The zero-order chi connectivity index (χ0) is 21.6. The van der Waals surface area contributed by atoms with Crippen molar-refractivity contribution in [1.29, 1.82) is 0 Å². The maximum atomic E-state index is 12.4. The third-order valence-corrected chi connectivity index (χ3v) is 7.28. The standard InChI is InChI=1S/C23H29IN2O3/c1-3-13-10-26-6-5-17-22-14(11-27)7-15(24)8-19(22)25-23(17)20(26)9-18(13)16(4-2)21(29)12-28/h4,7-8,13,18,20,25,27-28H,3,5-6,9-12H2,1-2H3/b16-4+/t13-,18+,20+/m1/s1/i20D. The molecule has 1 fully saturated rings. The molecule has 6 heteroatoms. The highest BCUT2D eigenvalue weighted by atomic mass is 127.